The molecule has 0 radical (unpaired) electrons. The molecule has 1 aliphatic heterocycles. The molecule has 194 valence electrons. The van der Waals surface area contributed by atoms with Crippen LogP contribution < -0.4 is 15.4 Å². The highest BCUT2D eigenvalue weighted by Gasteiger charge is 2.34. The van der Waals surface area contributed by atoms with Gasteiger partial charge in [0.2, 0.25) is 5.95 Å². The number of hydrogen-bond acceptors (Lipinski definition) is 6. The number of carbonyl (C=O) groups is 1. The Morgan fingerprint density at radius 1 is 0.921 bits per heavy atom. The quantitative estimate of drug-likeness (QED) is 0.346. The Hall–Kier alpha value is -4.46. The third-order valence-electron chi connectivity index (χ3n) is 7.13. The first-order valence-electron chi connectivity index (χ1n) is 12.6. The number of aromatic nitrogens is 4. The molecule has 1 aromatic heterocycles. The van der Waals surface area contributed by atoms with Crippen LogP contribution in [-0.4, -0.2) is 26.1 Å². The van der Waals surface area contributed by atoms with E-state index in [4.69, 9.17) is 4.74 Å². The number of aryl methyl sites for hydroxylation is 5. The van der Waals surface area contributed by atoms with Crippen LogP contribution in [-0.2, 0) is 11.4 Å². The van der Waals surface area contributed by atoms with E-state index in [0.717, 1.165) is 33.7 Å². The molecule has 0 saturated heterocycles. The molecule has 4 aromatic rings. The molecule has 3 aromatic carbocycles. The summed E-state index contributed by atoms with van der Waals surface area (Å²) in [4.78, 5) is 13.6. The van der Waals surface area contributed by atoms with E-state index in [1.807, 2.05) is 63.2 Å². The van der Waals surface area contributed by atoms with Gasteiger partial charge < -0.3 is 15.4 Å². The van der Waals surface area contributed by atoms with Crippen LogP contribution in [0.5, 0.6) is 5.75 Å². The van der Waals surface area contributed by atoms with Crippen molar-refractivity contribution in [2.75, 3.05) is 10.6 Å². The van der Waals surface area contributed by atoms with Crippen LogP contribution in [0.15, 0.2) is 65.9 Å². The number of carbonyl (C=O) groups excluding carboxylic acids is 1. The number of tetrazole rings is 1. The standard InChI is InChI=1S/C30H32N6O2/c1-17-7-12-26(21(5)13-17)32-29(37)27-22(6)31-30-33-34-35-36(30)28(27)23-8-10-25(11-9-23)38-16-24-15-19(3)18(2)14-20(24)4/h7-15,28H,16H2,1-6H3,(H,32,37)(H,31,33,35). The fourth-order valence-corrected chi connectivity index (χ4v) is 4.84. The normalized spacial score (nSPS) is 14.6. The van der Waals surface area contributed by atoms with Gasteiger partial charge in [-0.2, -0.15) is 4.68 Å². The number of amides is 1. The number of allylic oxidation sites excluding steroid dienone is 1. The van der Waals surface area contributed by atoms with Crippen molar-refractivity contribution in [3.63, 3.8) is 0 Å². The third kappa shape index (κ3) is 4.89. The fourth-order valence-electron chi connectivity index (χ4n) is 4.84. The van der Waals surface area contributed by atoms with Crippen LogP contribution in [0.25, 0.3) is 0 Å². The minimum Gasteiger partial charge on any atom is -0.489 e. The van der Waals surface area contributed by atoms with Gasteiger partial charge in [-0.05, 0) is 104 Å². The predicted molar refractivity (Wildman–Crippen MR) is 148 cm³/mol. The van der Waals surface area contributed by atoms with Crippen molar-refractivity contribution in [2.24, 2.45) is 0 Å². The van der Waals surface area contributed by atoms with Gasteiger partial charge in [0.05, 0.1) is 5.57 Å². The van der Waals surface area contributed by atoms with Gasteiger partial charge in [0.1, 0.15) is 18.4 Å². The summed E-state index contributed by atoms with van der Waals surface area (Å²) in [7, 11) is 0. The van der Waals surface area contributed by atoms with Crippen molar-refractivity contribution >= 4 is 17.5 Å². The summed E-state index contributed by atoms with van der Waals surface area (Å²) < 4.78 is 7.75. The number of rotatable bonds is 6. The van der Waals surface area contributed by atoms with Crippen molar-refractivity contribution in [1.82, 2.24) is 20.2 Å². The second-order valence-corrected chi connectivity index (χ2v) is 10.0. The van der Waals surface area contributed by atoms with Gasteiger partial charge in [-0.1, -0.05) is 47.1 Å². The Balaban J connectivity index is 1.41. The predicted octanol–water partition coefficient (Wildman–Crippen LogP) is 5.72. The highest BCUT2D eigenvalue weighted by atomic mass is 16.5. The number of hydrogen-bond donors (Lipinski definition) is 2. The molecule has 8 nitrogen and oxygen atoms in total. The van der Waals surface area contributed by atoms with E-state index in [1.54, 1.807) is 4.68 Å². The summed E-state index contributed by atoms with van der Waals surface area (Å²) in [6.45, 7) is 12.7. The molecule has 0 aliphatic carbocycles. The second kappa shape index (κ2) is 10.1. The number of benzene rings is 3. The zero-order valence-electron chi connectivity index (χ0n) is 22.6. The van der Waals surface area contributed by atoms with Crippen molar-refractivity contribution in [2.45, 2.75) is 54.2 Å². The molecule has 8 heteroatoms. The lowest BCUT2D eigenvalue weighted by Crippen LogP contribution is -2.31. The van der Waals surface area contributed by atoms with E-state index in [9.17, 15) is 4.79 Å². The number of fused-ring (bicyclic) bond motifs is 1. The third-order valence-corrected chi connectivity index (χ3v) is 7.13. The van der Waals surface area contributed by atoms with Gasteiger partial charge in [0.15, 0.2) is 0 Å². The Kier molecular flexibility index (Phi) is 6.72. The Bertz CT molecular complexity index is 1550. The summed E-state index contributed by atoms with van der Waals surface area (Å²) >= 11 is 0. The molecule has 2 heterocycles. The molecular formula is C30H32N6O2. The van der Waals surface area contributed by atoms with Crippen LogP contribution >= 0.6 is 0 Å². The molecule has 0 fully saturated rings. The fraction of sp³-hybridized carbons (Fsp3) is 0.267. The van der Waals surface area contributed by atoms with Gasteiger partial charge in [0, 0.05) is 11.4 Å². The SMILES string of the molecule is CC1=C(C(=O)Nc2ccc(C)cc2C)C(c2ccc(OCc3cc(C)c(C)cc3C)cc2)n2nnnc2N1. The van der Waals surface area contributed by atoms with Gasteiger partial charge in [-0.25, -0.2) is 0 Å². The monoisotopic (exact) mass is 508 g/mol. The van der Waals surface area contributed by atoms with E-state index in [1.165, 1.54) is 16.7 Å². The van der Waals surface area contributed by atoms with Crippen molar-refractivity contribution < 1.29 is 9.53 Å². The van der Waals surface area contributed by atoms with Crippen molar-refractivity contribution in [3.8, 4) is 5.75 Å². The number of nitrogens with one attached hydrogen (secondary N) is 2. The lowest BCUT2D eigenvalue weighted by molar-refractivity contribution is -0.113. The zero-order chi connectivity index (χ0) is 27.0. The van der Waals surface area contributed by atoms with E-state index in [2.05, 4.69) is 59.1 Å². The Morgan fingerprint density at radius 2 is 1.66 bits per heavy atom. The Morgan fingerprint density at radius 3 is 2.39 bits per heavy atom. The second-order valence-electron chi connectivity index (χ2n) is 10.0. The summed E-state index contributed by atoms with van der Waals surface area (Å²) in [5.74, 6) is 1.03. The lowest BCUT2D eigenvalue weighted by atomic mass is 9.94. The Labute approximate surface area is 222 Å². The molecule has 0 bridgehead atoms. The van der Waals surface area contributed by atoms with Crippen molar-refractivity contribution in [3.05, 3.63) is 105 Å². The number of anilines is 2. The topological polar surface area (TPSA) is 94.0 Å². The first kappa shape index (κ1) is 25.2. The average molecular weight is 509 g/mol. The highest BCUT2D eigenvalue weighted by Crippen LogP contribution is 2.36. The minimum absolute atomic E-state index is 0.210. The molecule has 1 atom stereocenters. The number of nitrogens with zero attached hydrogens (tertiary/aromatic N) is 4. The summed E-state index contributed by atoms with van der Waals surface area (Å²) in [6, 6.07) is 17.6. The molecule has 38 heavy (non-hydrogen) atoms. The first-order valence-corrected chi connectivity index (χ1v) is 12.6. The summed E-state index contributed by atoms with van der Waals surface area (Å²) in [5, 5.41) is 18.4. The van der Waals surface area contributed by atoms with Crippen molar-refractivity contribution in [1.29, 1.82) is 0 Å². The van der Waals surface area contributed by atoms with Crippen LogP contribution in [0, 0.1) is 34.6 Å². The van der Waals surface area contributed by atoms with Crippen LogP contribution in [0.2, 0.25) is 0 Å². The van der Waals surface area contributed by atoms with E-state index in [-0.39, 0.29) is 5.91 Å². The lowest BCUT2D eigenvalue weighted by Gasteiger charge is -2.28. The maximum Gasteiger partial charge on any atom is 0.255 e. The molecule has 5 rings (SSSR count). The molecule has 0 spiro atoms. The van der Waals surface area contributed by atoms with Crippen LogP contribution in [0.1, 0.15) is 51.9 Å². The maximum absolute atomic E-state index is 13.6. The van der Waals surface area contributed by atoms with E-state index in [0.29, 0.717) is 23.8 Å². The van der Waals surface area contributed by atoms with Gasteiger partial charge in [-0.3, -0.25) is 4.79 Å². The van der Waals surface area contributed by atoms with Gasteiger partial charge in [-0.15, -0.1) is 0 Å². The first-order chi connectivity index (χ1) is 18.2. The summed E-state index contributed by atoms with van der Waals surface area (Å²) in [5.41, 5.74) is 9.94. The highest BCUT2D eigenvalue weighted by molar-refractivity contribution is 6.06. The van der Waals surface area contributed by atoms with Crippen LogP contribution in [0.4, 0.5) is 11.6 Å². The van der Waals surface area contributed by atoms with Gasteiger partial charge >= 0.3 is 0 Å². The number of ether oxygens (including phenoxy) is 1. The molecule has 2 N–H and O–H groups in total. The van der Waals surface area contributed by atoms with Crippen LogP contribution in [0.3, 0.4) is 0 Å². The largest absolute Gasteiger partial charge is 0.489 e. The molecule has 1 aliphatic rings. The summed E-state index contributed by atoms with van der Waals surface area (Å²) in [6.07, 6.45) is 0. The minimum atomic E-state index is -0.497. The average Bonchev–Trinajstić information content (AvgIpc) is 3.34. The molecule has 1 unspecified atom stereocenters. The zero-order valence-corrected chi connectivity index (χ0v) is 22.6. The van der Waals surface area contributed by atoms with E-state index >= 15 is 0 Å². The molecule has 1 amide bonds. The van der Waals surface area contributed by atoms with E-state index < -0.39 is 6.04 Å². The molecule has 0 saturated carbocycles. The molecular weight excluding hydrogens is 476 g/mol. The van der Waals surface area contributed by atoms with Gasteiger partial charge in [0.25, 0.3) is 5.91 Å². The maximum atomic E-state index is 13.6. The smallest absolute Gasteiger partial charge is 0.255 e.